The standard InChI is InChI=1S/C17H13N3O/c1-19-11-18-15-13-9-5-6-10-14(13)20(17(21)16(15)19)12-7-3-2-4-8-12/h2-11H,1H3. The van der Waals surface area contributed by atoms with Gasteiger partial charge in [-0.25, -0.2) is 4.98 Å². The second-order valence-electron chi connectivity index (χ2n) is 5.05. The van der Waals surface area contributed by atoms with Gasteiger partial charge in [0, 0.05) is 18.1 Å². The highest BCUT2D eigenvalue weighted by Gasteiger charge is 2.14. The summed E-state index contributed by atoms with van der Waals surface area (Å²) in [5.74, 6) is 0. The Kier molecular flexibility index (Phi) is 2.44. The van der Waals surface area contributed by atoms with Crippen LogP contribution >= 0.6 is 0 Å². The smallest absolute Gasteiger partial charge is 0.281 e. The van der Waals surface area contributed by atoms with Crippen molar-refractivity contribution >= 4 is 21.9 Å². The fraction of sp³-hybridized carbons (Fsp3) is 0.0588. The molecule has 0 spiro atoms. The van der Waals surface area contributed by atoms with E-state index in [1.807, 2.05) is 61.6 Å². The maximum atomic E-state index is 12.9. The summed E-state index contributed by atoms with van der Waals surface area (Å²) in [5.41, 5.74) is 3.07. The van der Waals surface area contributed by atoms with Crippen LogP contribution in [-0.2, 0) is 7.05 Å². The number of aryl methyl sites for hydroxylation is 1. The van der Waals surface area contributed by atoms with E-state index in [0.29, 0.717) is 5.52 Å². The molecule has 2 aromatic carbocycles. The maximum absolute atomic E-state index is 12.9. The first kappa shape index (κ1) is 11.9. The van der Waals surface area contributed by atoms with Crippen LogP contribution in [0.3, 0.4) is 0 Å². The van der Waals surface area contributed by atoms with Crippen molar-refractivity contribution in [3.8, 4) is 5.69 Å². The second kappa shape index (κ2) is 4.31. The lowest BCUT2D eigenvalue weighted by atomic mass is 10.1. The van der Waals surface area contributed by atoms with Crippen LogP contribution in [0, 0.1) is 0 Å². The first-order valence-electron chi connectivity index (χ1n) is 6.77. The van der Waals surface area contributed by atoms with Crippen LogP contribution in [0.4, 0.5) is 0 Å². The minimum Gasteiger partial charge on any atom is -0.329 e. The Labute approximate surface area is 120 Å². The zero-order chi connectivity index (χ0) is 14.4. The van der Waals surface area contributed by atoms with Gasteiger partial charge >= 0.3 is 0 Å². The van der Waals surface area contributed by atoms with Gasteiger partial charge in [-0.15, -0.1) is 0 Å². The summed E-state index contributed by atoms with van der Waals surface area (Å²) in [4.78, 5) is 17.3. The molecular formula is C17H13N3O. The average molecular weight is 275 g/mol. The van der Waals surface area contributed by atoms with E-state index < -0.39 is 0 Å². The number of imidazole rings is 1. The topological polar surface area (TPSA) is 39.8 Å². The molecule has 0 atom stereocenters. The molecule has 0 amide bonds. The first-order valence-corrected chi connectivity index (χ1v) is 6.77. The third kappa shape index (κ3) is 1.62. The number of benzene rings is 2. The fourth-order valence-electron chi connectivity index (χ4n) is 2.80. The maximum Gasteiger partial charge on any atom is 0.281 e. The highest BCUT2D eigenvalue weighted by Crippen LogP contribution is 2.23. The van der Waals surface area contributed by atoms with E-state index >= 15 is 0 Å². The Balaban J connectivity index is 2.30. The fourth-order valence-corrected chi connectivity index (χ4v) is 2.80. The third-order valence-corrected chi connectivity index (χ3v) is 3.76. The van der Waals surface area contributed by atoms with Gasteiger partial charge in [-0.1, -0.05) is 36.4 Å². The van der Waals surface area contributed by atoms with Crippen molar-refractivity contribution in [3.05, 3.63) is 71.3 Å². The monoisotopic (exact) mass is 275 g/mol. The lowest BCUT2D eigenvalue weighted by Crippen LogP contribution is -2.20. The largest absolute Gasteiger partial charge is 0.329 e. The summed E-state index contributed by atoms with van der Waals surface area (Å²) in [5, 5.41) is 0.983. The number of fused-ring (bicyclic) bond motifs is 3. The van der Waals surface area contributed by atoms with Gasteiger partial charge in [0.05, 0.1) is 11.8 Å². The van der Waals surface area contributed by atoms with E-state index in [4.69, 9.17) is 0 Å². The molecule has 0 saturated carbocycles. The zero-order valence-corrected chi connectivity index (χ0v) is 11.5. The molecule has 0 saturated heterocycles. The number of aromatic nitrogens is 3. The highest BCUT2D eigenvalue weighted by molar-refractivity contribution is 6.02. The third-order valence-electron chi connectivity index (χ3n) is 3.76. The van der Waals surface area contributed by atoms with Crippen LogP contribution in [0.25, 0.3) is 27.6 Å². The molecular weight excluding hydrogens is 262 g/mol. The van der Waals surface area contributed by atoms with Gasteiger partial charge in [0.15, 0.2) is 0 Å². The van der Waals surface area contributed by atoms with Crippen LogP contribution in [0.5, 0.6) is 0 Å². The first-order chi connectivity index (χ1) is 10.3. The number of hydrogen-bond donors (Lipinski definition) is 0. The van der Waals surface area contributed by atoms with Gasteiger partial charge < -0.3 is 4.57 Å². The Morgan fingerprint density at radius 1 is 0.952 bits per heavy atom. The molecule has 0 N–H and O–H groups in total. The molecule has 102 valence electrons. The summed E-state index contributed by atoms with van der Waals surface area (Å²) in [6.07, 6.45) is 1.69. The Morgan fingerprint density at radius 2 is 1.67 bits per heavy atom. The molecule has 0 aliphatic rings. The molecule has 0 aliphatic carbocycles. The van der Waals surface area contributed by atoms with Crippen LogP contribution in [0.1, 0.15) is 0 Å². The molecule has 2 heterocycles. The van der Waals surface area contributed by atoms with E-state index in [1.54, 1.807) is 15.5 Å². The van der Waals surface area contributed by atoms with E-state index in [0.717, 1.165) is 22.1 Å². The van der Waals surface area contributed by atoms with Crippen LogP contribution in [0.15, 0.2) is 65.7 Å². The predicted octanol–water partition coefficient (Wildman–Crippen LogP) is 2.88. The molecule has 4 rings (SSSR count). The molecule has 4 heteroatoms. The summed E-state index contributed by atoms with van der Waals surface area (Å²) < 4.78 is 3.53. The zero-order valence-electron chi connectivity index (χ0n) is 11.5. The number of pyridine rings is 1. The molecule has 0 aliphatic heterocycles. The number of para-hydroxylation sites is 2. The van der Waals surface area contributed by atoms with Crippen molar-refractivity contribution in [2.75, 3.05) is 0 Å². The number of rotatable bonds is 1. The van der Waals surface area contributed by atoms with Gasteiger partial charge in [0.25, 0.3) is 5.56 Å². The van der Waals surface area contributed by atoms with Crippen LogP contribution < -0.4 is 5.56 Å². The Bertz CT molecular complexity index is 1010. The highest BCUT2D eigenvalue weighted by atomic mass is 16.1. The SMILES string of the molecule is Cn1cnc2c3ccccc3n(-c3ccccc3)c(=O)c21. The van der Waals surface area contributed by atoms with E-state index in [-0.39, 0.29) is 5.56 Å². The minimum absolute atomic E-state index is 0.0464. The van der Waals surface area contributed by atoms with Crippen LogP contribution in [0.2, 0.25) is 0 Å². The normalized spacial score (nSPS) is 11.3. The quantitative estimate of drug-likeness (QED) is 0.536. The van der Waals surface area contributed by atoms with Crippen molar-refractivity contribution in [1.29, 1.82) is 0 Å². The van der Waals surface area contributed by atoms with Crippen molar-refractivity contribution in [2.45, 2.75) is 0 Å². The van der Waals surface area contributed by atoms with Gasteiger partial charge in [-0.2, -0.15) is 0 Å². The van der Waals surface area contributed by atoms with Crippen molar-refractivity contribution in [3.63, 3.8) is 0 Å². The van der Waals surface area contributed by atoms with Crippen molar-refractivity contribution < 1.29 is 0 Å². The van der Waals surface area contributed by atoms with Crippen molar-refractivity contribution in [2.24, 2.45) is 7.05 Å². The van der Waals surface area contributed by atoms with Gasteiger partial charge in [0.1, 0.15) is 11.0 Å². The van der Waals surface area contributed by atoms with Gasteiger partial charge in [0.2, 0.25) is 0 Å². The van der Waals surface area contributed by atoms with E-state index in [9.17, 15) is 4.79 Å². The predicted molar refractivity (Wildman–Crippen MR) is 83.8 cm³/mol. The Morgan fingerprint density at radius 3 is 2.48 bits per heavy atom. The average Bonchev–Trinajstić information content (AvgIpc) is 2.91. The summed E-state index contributed by atoms with van der Waals surface area (Å²) >= 11 is 0. The summed E-state index contributed by atoms with van der Waals surface area (Å²) in [6.45, 7) is 0. The van der Waals surface area contributed by atoms with Crippen LogP contribution in [-0.4, -0.2) is 14.1 Å². The van der Waals surface area contributed by atoms with E-state index in [1.165, 1.54) is 0 Å². The van der Waals surface area contributed by atoms with Crippen molar-refractivity contribution in [1.82, 2.24) is 14.1 Å². The van der Waals surface area contributed by atoms with Gasteiger partial charge in [-0.3, -0.25) is 9.36 Å². The van der Waals surface area contributed by atoms with E-state index in [2.05, 4.69) is 4.98 Å². The molecule has 0 bridgehead atoms. The Hall–Kier alpha value is -2.88. The van der Waals surface area contributed by atoms with Gasteiger partial charge in [-0.05, 0) is 18.2 Å². The number of nitrogens with zero attached hydrogens (tertiary/aromatic N) is 3. The molecule has 21 heavy (non-hydrogen) atoms. The minimum atomic E-state index is -0.0464. The number of hydrogen-bond acceptors (Lipinski definition) is 2. The lowest BCUT2D eigenvalue weighted by Gasteiger charge is -2.11. The molecule has 4 aromatic rings. The molecule has 4 nitrogen and oxygen atoms in total. The summed E-state index contributed by atoms with van der Waals surface area (Å²) in [6, 6.07) is 17.6. The molecule has 0 fully saturated rings. The molecule has 2 aromatic heterocycles. The summed E-state index contributed by atoms with van der Waals surface area (Å²) in [7, 11) is 1.85. The molecule has 0 radical (unpaired) electrons. The lowest BCUT2D eigenvalue weighted by molar-refractivity contribution is 0.928. The second-order valence-corrected chi connectivity index (χ2v) is 5.05. The molecule has 0 unspecified atom stereocenters.